The Hall–Kier alpha value is -3.49. The van der Waals surface area contributed by atoms with E-state index in [4.69, 9.17) is 0 Å². The average molecular weight is 358 g/mol. The number of hydrogen-bond acceptors (Lipinski definition) is 6. The summed E-state index contributed by atoms with van der Waals surface area (Å²) in [4.78, 5) is 32.2. The van der Waals surface area contributed by atoms with E-state index in [0.29, 0.717) is 13.1 Å². The fourth-order valence-corrected chi connectivity index (χ4v) is 2.25. The van der Waals surface area contributed by atoms with Crippen LogP contribution in [0.4, 0.5) is 17.1 Å². The van der Waals surface area contributed by atoms with Gasteiger partial charge in [0.2, 0.25) is 0 Å². The maximum Gasteiger partial charge on any atom is 0.270 e. The number of unbranched alkanes of at least 4 members (excludes halogenated alkanes) is 1. The van der Waals surface area contributed by atoms with Crippen LogP contribution in [0, 0.1) is 20.2 Å². The van der Waals surface area contributed by atoms with Crippen LogP contribution in [0.1, 0.15) is 23.2 Å². The first-order valence-electron chi connectivity index (χ1n) is 7.98. The van der Waals surface area contributed by atoms with Gasteiger partial charge in [0.05, 0.1) is 9.85 Å². The minimum absolute atomic E-state index is 0.0411. The van der Waals surface area contributed by atoms with Crippen molar-refractivity contribution < 1.29 is 14.6 Å². The highest BCUT2D eigenvalue weighted by Crippen LogP contribution is 2.15. The smallest absolute Gasteiger partial charge is 0.270 e. The maximum absolute atomic E-state index is 12.0. The van der Waals surface area contributed by atoms with E-state index in [-0.39, 0.29) is 22.8 Å². The highest BCUT2D eigenvalue weighted by atomic mass is 16.6. The van der Waals surface area contributed by atoms with E-state index in [0.717, 1.165) is 18.5 Å². The van der Waals surface area contributed by atoms with Gasteiger partial charge in [-0.15, -0.1) is 0 Å². The van der Waals surface area contributed by atoms with Gasteiger partial charge in [-0.25, -0.2) is 0 Å². The van der Waals surface area contributed by atoms with Gasteiger partial charge in [-0.1, -0.05) is 6.07 Å². The average Bonchev–Trinajstić information content (AvgIpc) is 2.64. The summed E-state index contributed by atoms with van der Waals surface area (Å²) in [6, 6.07) is 11.7. The van der Waals surface area contributed by atoms with E-state index in [1.165, 1.54) is 36.4 Å². The Balaban J connectivity index is 1.67. The summed E-state index contributed by atoms with van der Waals surface area (Å²) in [7, 11) is 0. The number of nitro groups is 2. The third-order valence-corrected chi connectivity index (χ3v) is 3.62. The highest BCUT2D eigenvalue weighted by molar-refractivity contribution is 5.94. The molecule has 0 aliphatic heterocycles. The quantitative estimate of drug-likeness (QED) is 0.403. The molecule has 2 aromatic carbocycles. The highest BCUT2D eigenvalue weighted by Gasteiger charge is 2.10. The molecule has 0 bridgehead atoms. The molecule has 1 amide bonds. The van der Waals surface area contributed by atoms with Crippen molar-refractivity contribution in [1.29, 1.82) is 0 Å². The van der Waals surface area contributed by atoms with E-state index in [2.05, 4.69) is 10.6 Å². The van der Waals surface area contributed by atoms with Crippen LogP contribution < -0.4 is 10.6 Å². The molecule has 0 aliphatic rings. The Kier molecular flexibility index (Phi) is 6.60. The molecule has 0 aromatic heterocycles. The predicted octanol–water partition coefficient (Wildman–Crippen LogP) is 3.13. The molecule has 0 radical (unpaired) electrons. The molecule has 0 unspecified atom stereocenters. The lowest BCUT2D eigenvalue weighted by atomic mass is 10.2. The molecule has 0 spiro atoms. The summed E-state index contributed by atoms with van der Waals surface area (Å²) >= 11 is 0. The first kappa shape index (κ1) is 18.8. The van der Waals surface area contributed by atoms with Gasteiger partial charge in [-0.05, 0) is 31.0 Å². The second-order valence-electron chi connectivity index (χ2n) is 5.50. The number of rotatable bonds is 9. The van der Waals surface area contributed by atoms with Crippen molar-refractivity contribution in [3.63, 3.8) is 0 Å². The summed E-state index contributed by atoms with van der Waals surface area (Å²) in [5, 5.41) is 27.1. The second-order valence-corrected chi connectivity index (χ2v) is 5.50. The topological polar surface area (TPSA) is 127 Å². The molecule has 0 saturated carbocycles. The molecule has 2 rings (SSSR count). The summed E-state index contributed by atoms with van der Waals surface area (Å²) in [5.74, 6) is -0.350. The number of nitrogens with one attached hydrogen (secondary N) is 2. The normalized spacial score (nSPS) is 10.2. The number of benzene rings is 2. The zero-order chi connectivity index (χ0) is 18.9. The number of nitro benzene ring substituents is 2. The molecule has 136 valence electrons. The van der Waals surface area contributed by atoms with Gasteiger partial charge in [-0.3, -0.25) is 25.0 Å². The van der Waals surface area contributed by atoms with Crippen LogP contribution >= 0.6 is 0 Å². The van der Waals surface area contributed by atoms with E-state index in [1.807, 2.05) is 0 Å². The van der Waals surface area contributed by atoms with Crippen LogP contribution in [0.3, 0.4) is 0 Å². The third-order valence-electron chi connectivity index (χ3n) is 3.62. The van der Waals surface area contributed by atoms with E-state index >= 15 is 0 Å². The molecule has 0 fully saturated rings. The number of carbonyl (C=O) groups excluding carboxylic acids is 1. The number of amides is 1. The predicted molar refractivity (Wildman–Crippen MR) is 96.2 cm³/mol. The summed E-state index contributed by atoms with van der Waals surface area (Å²) in [6.45, 7) is 1.11. The van der Waals surface area contributed by atoms with Crippen molar-refractivity contribution in [2.45, 2.75) is 12.8 Å². The van der Waals surface area contributed by atoms with E-state index < -0.39 is 9.85 Å². The van der Waals surface area contributed by atoms with Crippen molar-refractivity contribution in [2.75, 3.05) is 18.4 Å². The molecule has 0 aliphatic carbocycles. The second kappa shape index (κ2) is 9.11. The molecule has 9 nitrogen and oxygen atoms in total. The van der Waals surface area contributed by atoms with Crippen LogP contribution in [0.25, 0.3) is 0 Å². The Morgan fingerprint density at radius 2 is 1.54 bits per heavy atom. The standard InChI is InChI=1S/C17H18N4O5/c22-17(13-4-3-5-16(12-13)21(25)26)19-11-2-1-10-18-14-6-8-15(9-7-14)20(23)24/h3-9,12,18H,1-2,10-11H2,(H,19,22). The first-order chi connectivity index (χ1) is 12.5. The minimum atomic E-state index is -0.541. The van der Waals surface area contributed by atoms with E-state index in [1.54, 1.807) is 12.1 Å². The van der Waals surface area contributed by atoms with Gasteiger partial charge in [0.15, 0.2) is 0 Å². The monoisotopic (exact) mass is 358 g/mol. The van der Waals surface area contributed by atoms with Crippen molar-refractivity contribution in [1.82, 2.24) is 5.32 Å². The third kappa shape index (κ3) is 5.55. The van der Waals surface area contributed by atoms with Crippen molar-refractivity contribution >= 4 is 23.0 Å². The molecule has 2 aromatic rings. The number of hydrogen-bond donors (Lipinski definition) is 2. The van der Waals surface area contributed by atoms with Gasteiger partial charge >= 0.3 is 0 Å². The minimum Gasteiger partial charge on any atom is -0.385 e. The summed E-state index contributed by atoms with van der Waals surface area (Å²) < 4.78 is 0. The van der Waals surface area contributed by atoms with Crippen LogP contribution in [-0.2, 0) is 0 Å². The molecule has 0 saturated heterocycles. The molecular formula is C17H18N4O5. The molecule has 9 heteroatoms. The van der Waals surface area contributed by atoms with Crippen molar-refractivity contribution in [3.8, 4) is 0 Å². The Morgan fingerprint density at radius 1 is 0.885 bits per heavy atom. The lowest BCUT2D eigenvalue weighted by Crippen LogP contribution is -2.24. The van der Waals surface area contributed by atoms with Gasteiger partial charge in [0.1, 0.15) is 0 Å². The largest absolute Gasteiger partial charge is 0.385 e. The van der Waals surface area contributed by atoms with Gasteiger partial charge in [0, 0.05) is 48.6 Å². The number of non-ortho nitro benzene ring substituents is 2. The van der Waals surface area contributed by atoms with E-state index in [9.17, 15) is 25.0 Å². The number of nitrogens with zero attached hydrogens (tertiary/aromatic N) is 2. The zero-order valence-electron chi connectivity index (χ0n) is 13.9. The van der Waals surface area contributed by atoms with Crippen LogP contribution in [-0.4, -0.2) is 28.8 Å². The van der Waals surface area contributed by atoms with Gasteiger partial charge < -0.3 is 10.6 Å². The Labute approximate surface area is 149 Å². The zero-order valence-corrected chi connectivity index (χ0v) is 13.9. The van der Waals surface area contributed by atoms with Gasteiger partial charge in [0.25, 0.3) is 17.3 Å². The fraction of sp³-hybridized carbons (Fsp3) is 0.235. The lowest BCUT2D eigenvalue weighted by Gasteiger charge is -2.07. The lowest BCUT2D eigenvalue weighted by molar-refractivity contribution is -0.385. The van der Waals surface area contributed by atoms with Crippen LogP contribution in [0.15, 0.2) is 48.5 Å². The molecule has 0 atom stereocenters. The molecule has 2 N–H and O–H groups in total. The van der Waals surface area contributed by atoms with Gasteiger partial charge in [-0.2, -0.15) is 0 Å². The maximum atomic E-state index is 12.0. The summed E-state index contributed by atoms with van der Waals surface area (Å²) in [6.07, 6.45) is 1.51. The Bertz CT molecular complexity index is 792. The fourth-order valence-electron chi connectivity index (χ4n) is 2.25. The van der Waals surface area contributed by atoms with Crippen molar-refractivity contribution in [3.05, 3.63) is 74.3 Å². The van der Waals surface area contributed by atoms with Crippen LogP contribution in [0.2, 0.25) is 0 Å². The first-order valence-corrected chi connectivity index (χ1v) is 7.98. The van der Waals surface area contributed by atoms with Crippen molar-refractivity contribution in [2.24, 2.45) is 0 Å². The molecule has 0 heterocycles. The number of anilines is 1. The Morgan fingerprint density at radius 3 is 2.19 bits per heavy atom. The summed E-state index contributed by atoms with van der Waals surface area (Å²) in [5.41, 5.74) is 0.962. The molecule has 26 heavy (non-hydrogen) atoms. The van der Waals surface area contributed by atoms with Crippen LogP contribution in [0.5, 0.6) is 0 Å². The SMILES string of the molecule is O=C(NCCCCNc1ccc([N+](=O)[O-])cc1)c1cccc([N+](=O)[O-])c1. The number of carbonyl (C=O) groups is 1. The molecular weight excluding hydrogens is 340 g/mol.